The van der Waals surface area contributed by atoms with Gasteiger partial charge in [0.15, 0.2) is 0 Å². The van der Waals surface area contributed by atoms with Crippen LogP contribution < -0.4 is 0 Å². The Morgan fingerprint density at radius 3 is 2.82 bits per heavy atom. The normalized spacial score (nSPS) is 48.8. The van der Waals surface area contributed by atoms with Crippen LogP contribution in [0.5, 0.6) is 0 Å². The predicted molar refractivity (Wildman–Crippen MR) is 98.8 cm³/mol. The molecule has 5 fully saturated rings. The van der Waals surface area contributed by atoms with Crippen LogP contribution in [0.2, 0.25) is 0 Å². The minimum absolute atomic E-state index is 0.166. The van der Waals surface area contributed by atoms with E-state index >= 15 is 0 Å². The third-order valence-corrected chi connectivity index (χ3v) is 8.40. The van der Waals surface area contributed by atoms with Gasteiger partial charge in [-0.25, -0.2) is 0 Å². The Labute approximate surface area is 162 Å². The molecule has 28 heavy (non-hydrogen) atoms. The molecular formula is C21H22N2O5. The molecule has 9 atom stereocenters. The van der Waals surface area contributed by atoms with Crippen LogP contribution in [-0.4, -0.2) is 51.6 Å². The zero-order valence-electron chi connectivity index (χ0n) is 15.7. The van der Waals surface area contributed by atoms with Crippen molar-refractivity contribution in [3.05, 3.63) is 35.0 Å². The minimum atomic E-state index is -0.912. The number of fused-ring (bicyclic) bond motifs is 2. The van der Waals surface area contributed by atoms with Gasteiger partial charge in [-0.2, -0.15) is 0 Å². The summed E-state index contributed by atoms with van der Waals surface area (Å²) in [6.45, 7) is 3.18. The summed E-state index contributed by atoms with van der Waals surface area (Å²) in [6.07, 6.45) is 0.576. The molecule has 0 aromatic heterocycles. The van der Waals surface area contributed by atoms with E-state index in [1.165, 1.54) is 6.92 Å². The van der Waals surface area contributed by atoms with Crippen LogP contribution in [0, 0.1) is 23.0 Å². The molecular weight excluding hydrogens is 360 g/mol. The van der Waals surface area contributed by atoms with Gasteiger partial charge in [0.1, 0.15) is 24.1 Å². The standard InChI is InChI=1S/C21H22N2O5/c1-9-16(20(25)26)11-7-14-18-21(12-5-3-4-6-13(12)22-18)8-15(23(9,14)27)17(11)19(21)28-10(2)24/h3-6,9,11,14-17,19H,7-8H2,1-2H3,(H,25,26)/t9-,11?,14-,15-,16-,17-,19+,21+,23+/m0/s1. The number of para-hydroxylation sites is 1. The van der Waals surface area contributed by atoms with Crippen molar-refractivity contribution in [2.45, 2.75) is 56.3 Å². The number of nitrogens with zero attached hydrogens (tertiary/aromatic N) is 2. The number of hydrogen-bond acceptors (Lipinski definition) is 5. The average Bonchev–Trinajstić information content (AvgIpc) is 3.10. The molecule has 1 saturated carbocycles. The van der Waals surface area contributed by atoms with E-state index in [2.05, 4.69) is 0 Å². The largest absolute Gasteiger partial charge is 0.632 e. The highest BCUT2D eigenvalue weighted by Crippen LogP contribution is 2.69. The van der Waals surface area contributed by atoms with Crippen molar-refractivity contribution in [3.8, 4) is 0 Å². The number of quaternary nitrogens is 1. The SMILES string of the molecule is CC(=O)O[C@@H]1[C@H]2C3C[C@H]4C5=Nc6ccccc6[C@]51C[C@@H]2[N@@+]4([O-])[C@@H](C)[C@@H]3C(=O)O. The topological polar surface area (TPSA) is 99.0 Å². The molecule has 7 rings (SSSR count). The molecule has 1 unspecified atom stereocenters. The van der Waals surface area contributed by atoms with E-state index in [4.69, 9.17) is 9.73 Å². The summed E-state index contributed by atoms with van der Waals surface area (Å²) in [5, 5.41) is 24.2. The first kappa shape index (κ1) is 16.7. The molecule has 6 aliphatic rings. The molecule has 7 nitrogen and oxygen atoms in total. The number of hydroxylamine groups is 3. The number of hydrogen-bond donors (Lipinski definition) is 1. The molecule has 4 saturated heterocycles. The first-order valence-corrected chi connectivity index (χ1v) is 9.99. The molecule has 0 radical (unpaired) electrons. The van der Waals surface area contributed by atoms with E-state index < -0.39 is 34.1 Å². The quantitative estimate of drug-likeness (QED) is 0.480. The lowest BCUT2D eigenvalue weighted by molar-refractivity contribution is -0.966. The van der Waals surface area contributed by atoms with E-state index in [0.29, 0.717) is 12.8 Å². The van der Waals surface area contributed by atoms with Crippen molar-refractivity contribution in [3.63, 3.8) is 0 Å². The molecule has 5 aliphatic heterocycles. The van der Waals surface area contributed by atoms with E-state index in [-0.39, 0.29) is 29.9 Å². The fourth-order valence-electron chi connectivity index (χ4n) is 7.68. The van der Waals surface area contributed by atoms with Gasteiger partial charge in [0.2, 0.25) is 0 Å². The third kappa shape index (κ3) is 1.53. The van der Waals surface area contributed by atoms with Gasteiger partial charge < -0.3 is 19.7 Å². The summed E-state index contributed by atoms with van der Waals surface area (Å²) in [4.78, 5) is 29.1. The van der Waals surface area contributed by atoms with E-state index in [1.807, 2.05) is 24.3 Å². The highest BCUT2D eigenvalue weighted by Gasteiger charge is 2.80. The number of rotatable bonds is 2. The van der Waals surface area contributed by atoms with Crippen LogP contribution in [0.4, 0.5) is 5.69 Å². The summed E-state index contributed by atoms with van der Waals surface area (Å²) < 4.78 is 5.39. The average molecular weight is 382 g/mol. The first-order valence-electron chi connectivity index (χ1n) is 9.99. The lowest BCUT2D eigenvalue weighted by Crippen LogP contribution is -2.78. The molecule has 5 bridgehead atoms. The van der Waals surface area contributed by atoms with Gasteiger partial charge in [-0.3, -0.25) is 14.6 Å². The number of aliphatic imine (C=N–C) groups is 1. The zero-order valence-corrected chi connectivity index (χ0v) is 15.7. The predicted octanol–water partition coefficient (Wildman–Crippen LogP) is 2.15. The summed E-state index contributed by atoms with van der Waals surface area (Å²) in [5.41, 5.74) is 2.14. The van der Waals surface area contributed by atoms with E-state index in [1.54, 1.807) is 6.92 Å². The number of carboxylic acids is 1. The summed E-state index contributed by atoms with van der Waals surface area (Å²) >= 11 is 0. The van der Waals surface area contributed by atoms with Crippen molar-refractivity contribution in [1.29, 1.82) is 0 Å². The fraction of sp³-hybridized carbons (Fsp3) is 0.571. The molecule has 0 amide bonds. The number of esters is 1. The molecule has 1 aromatic rings. The van der Waals surface area contributed by atoms with Gasteiger partial charge in [0.05, 0.1) is 28.8 Å². The van der Waals surface area contributed by atoms with Gasteiger partial charge >= 0.3 is 11.9 Å². The number of piperidine rings is 4. The Morgan fingerprint density at radius 2 is 2.11 bits per heavy atom. The van der Waals surface area contributed by atoms with Crippen molar-refractivity contribution >= 4 is 23.3 Å². The highest BCUT2D eigenvalue weighted by molar-refractivity contribution is 6.07. The Balaban J connectivity index is 1.63. The van der Waals surface area contributed by atoms with Crippen LogP contribution in [-0.2, 0) is 19.7 Å². The number of carbonyl (C=O) groups is 2. The molecule has 5 heterocycles. The first-order chi connectivity index (χ1) is 13.3. The maximum atomic E-state index is 14.3. The Kier molecular flexibility index (Phi) is 2.88. The molecule has 7 heteroatoms. The Morgan fingerprint density at radius 1 is 1.36 bits per heavy atom. The van der Waals surface area contributed by atoms with Crippen LogP contribution >= 0.6 is 0 Å². The maximum Gasteiger partial charge on any atom is 0.312 e. The summed E-state index contributed by atoms with van der Waals surface area (Å²) in [6, 6.07) is 6.75. The Hall–Kier alpha value is -2.25. The van der Waals surface area contributed by atoms with Gasteiger partial charge in [-0.05, 0) is 24.5 Å². The third-order valence-electron chi connectivity index (χ3n) is 8.40. The van der Waals surface area contributed by atoms with Crippen molar-refractivity contribution in [2.75, 3.05) is 0 Å². The molecule has 146 valence electrons. The van der Waals surface area contributed by atoms with E-state index in [0.717, 1.165) is 17.0 Å². The minimum Gasteiger partial charge on any atom is -0.632 e. The number of benzene rings is 1. The van der Waals surface area contributed by atoms with Crippen molar-refractivity contribution in [2.24, 2.45) is 22.7 Å². The molecule has 1 spiro atoms. The fourth-order valence-corrected chi connectivity index (χ4v) is 7.68. The van der Waals surface area contributed by atoms with Crippen LogP contribution in [0.25, 0.3) is 0 Å². The van der Waals surface area contributed by atoms with Crippen molar-refractivity contribution in [1.82, 2.24) is 0 Å². The summed E-state index contributed by atoms with van der Waals surface area (Å²) in [5.74, 6) is -2.42. The van der Waals surface area contributed by atoms with Crippen LogP contribution in [0.1, 0.15) is 32.3 Å². The van der Waals surface area contributed by atoms with Gasteiger partial charge in [0.25, 0.3) is 0 Å². The lowest BCUT2D eigenvalue weighted by atomic mass is 9.61. The van der Waals surface area contributed by atoms with Crippen LogP contribution in [0.15, 0.2) is 29.3 Å². The Bertz CT molecular complexity index is 975. The monoisotopic (exact) mass is 382 g/mol. The zero-order chi connectivity index (χ0) is 19.6. The second-order valence-electron chi connectivity index (χ2n) is 9.15. The van der Waals surface area contributed by atoms with E-state index in [9.17, 15) is 19.9 Å². The lowest BCUT2D eigenvalue weighted by Gasteiger charge is -2.69. The maximum absolute atomic E-state index is 14.3. The second-order valence-corrected chi connectivity index (χ2v) is 9.15. The van der Waals surface area contributed by atoms with Crippen molar-refractivity contribution < 1.29 is 24.1 Å². The molecule has 1 aromatic carbocycles. The molecule has 1 aliphatic carbocycles. The van der Waals surface area contributed by atoms with Crippen LogP contribution in [0.3, 0.4) is 0 Å². The van der Waals surface area contributed by atoms with Gasteiger partial charge in [-0.1, -0.05) is 18.2 Å². The number of aliphatic carboxylic acids is 1. The number of carbonyl (C=O) groups excluding carboxylic acids is 1. The molecule has 1 N–H and O–H groups in total. The number of ether oxygens (including phenoxy) is 1. The summed E-state index contributed by atoms with van der Waals surface area (Å²) in [7, 11) is 0. The number of carboxylic acid groups (broad SMARTS) is 1. The smallest absolute Gasteiger partial charge is 0.312 e. The van der Waals surface area contributed by atoms with Gasteiger partial charge in [0, 0.05) is 19.8 Å². The second kappa shape index (κ2) is 4.83. The van der Waals surface area contributed by atoms with Gasteiger partial charge in [-0.15, -0.1) is 0 Å². The highest BCUT2D eigenvalue weighted by atomic mass is 16.6.